The number of ether oxygens (including phenoxy) is 1. The Morgan fingerprint density at radius 1 is 1.08 bits per heavy atom. The van der Waals surface area contributed by atoms with E-state index in [1.54, 1.807) is 0 Å². The first-order chi connectivity index (χ1) is 11.7. The summed E-state index contributed by atoms with van der Waals surface area (Å²) in [7, 11) is -2.96. The molecule has 134 valence electrons. The van der Waals surface area contributed by atoms with Crippen molar-refractivity contribution in [1.82, 2.24) is 4.72 Å². The van der Waals surface area contributed by atoms with Gasteiger partial charge in [0.05, 0.1) is 13.2 Å². The Morgan fingerprint density at radius 3 is 2.28 bits per heavy atom. The van der Waals surface area contributed by atoms with Crippen molar-refractivity contribution in [1.29, 1.82) is 0 Å². The minimum Gasteiger partial charge on any atom is -0.495 e. The standard InChI is InChI=1S/C16H16F2N2O4S/c1-10(16(21)19-13-6-3-11(17)4-7-13)20-25(22,23)15-9-12(18)5-8-14(15)24-2/h3-10,20H,1-2H3,(H,19,21). The van der Waals surface area contributed by atoms with E-state index in [1.165, 1.54) is 32.2 Å². The van der Waals surface area contributed by atoms with Gasteiger partial charge in [-0.25, -0.2) is 17.2 Å². The average molecular weight is 370 g/mol. The van der Waals surface area contributed by atoms with Gasteiger partial charge in [0.25, 0.3) is 0 Å². The predicted octanol–water partition coefficient (Wildman–Crippen LogP) is 2.28. The predicted molar refractivity (Wildman–Crippen MR) is 87.8 cm³/mol. The molecule has 0 aromatic heterocycles. The molecule has 6 nitrogen and oxygen atoms in total. The number of sulfonamides is 1. The molecule has 0 bridgehead atoms. The highest BCUT2D eigenvalue weighted by Crippen LogP contribution is 2.24. The van der Waals surface area contributed by atoms with Crippen molar-refractivity contribution in [3.05, 3.63) is 54.1 Å². The molecule has 2 aromatic rings. The highest BCUT2D eigenvalue weighted by molar-refractivity contribution is 7.89. The van der Waals surface area contributed by atoms with Gasteiger partial charge in [-0.2, -0.15) is 4.72 Å². The first-order valence-corrected chi connectivity index (χ1v) is 8.63. The van der Waals surface area contributed by atoms with Gasteiger partial charge in [0.15, 0.2) is 0 Å². The monoisotopic (exact) mass is 370 g/mol. The highest BCUT2D eigenvalue weighted by atomic mass is 32.2. The second-order valence-corrected chi connectivity index (χ2v) is 6.82. The minimum absolute atomic E-state index is 0.0555. The second-order valence-electron chi connectivity index (χ2n) is 5.13. The number of carbonyl (C=O) groups is 1. The second kappa shape index (κ2) is 7.58. The van der Waals surface area contributed by atoms with Crippen LogP contribution < -0.4 is 14.8 Å². The summed E-state index contributed by atoms with van der Waals surface area (Å²) >= 11 is 0. The number of nitrogens with one attached hydrogen (secondary N) is 2. The van der Waals surface area contributed by atoms with Crippen molar-refractivity contribution < 1.29 is 26.7 Å². The van der Waals surface area contributed by atoms with Crippen LogP contribution in [0.5, 0.6) is 5.75 Å². The third kappa shape index (κ3) is 4.74. The number of hydrogen-bond acceptors (Lipinski definition) is 4. The number of halogens is 2. The van der Waals surface area contributed by atoms with Crippen LogP contribution in [0.2, 0.25) is 0 Å². The molecular formula is C16H16F2N2O4S. The van der Waals surface area contributed by atoms with Crippen LogP contribution in [0.4, 0.5) is 14.5 Å². The van der Waals surface area contributed by atoms with Crippen LogP contribution in [-0.4, -0.2) is 27.5 Å². The van der Waals surface area contributed by atoms with Crippen molar-refractivity contribution in [2.45, 2.75) is 17.9 Å². The summed E-state index contributed by atoms with van der Waals surface area (Å²) in [5.41, 5.74) is 0.306. The fourth-order valence-electron chi connectivity index (χ4n) is 1.99. The van der Waals surface area contributed by atoms with Crippen molar-refractivity contribution in [3.63, 3.8) is 0 Å². The Morgan fingerprint density at radius 2 is 1.68 bits per heavy atom. The lowest BCUT2D eigenvalue weighted by molar-refractivity contribution is -0.117. The molecule has 2 N–H and O–H groups in total. The van der Waals surface area contributed by atoms with Crippen LogP contribution in [0.1, 0.15) is 6.92 Å². The third-order valence-corrected chi connectivity index (χ3v) is 4.81. The molecule has 1 unspecified atom stereocenters. The molecule has 0 saturated heterocycles. The zero-order valence-corrected chi connectivity index (χ0v) is 14.2. The van der Waals surface area contributed by atoms with E-state index in [0.29, 0.717) is 5.69 Å². The fourth-order valence-corrected chi connectivity index (χ4v) is 3.38. The van der Waals surface area contributed by atoms with Crippen molar-refractivity contribution in [3.8, 4) is 5.75 Å². The number of amides is 1. The van der Waals surface area contributed by atoms with E-state index < -0.39 is 38.5 Å². The van der Waals surface area contributed by atoms with Crippen LogP contribution in [-0.2, 0) is 14.8 Å². The molecule has 0 aliphatic heterocycles. The summed E-state index contributed by atoms with van der Waals surface area (Å²) in [4.78, 5) is 11.7. The molecule has 1 amide bonds. The zero-order valence-electron chi connectivity index (χ0n) is 13.4. The quantitative estimate of drug-likeness (QED) is 0.817. The minimum atomic E-state index is -4.20. The smallest absolute Gasteiger partial charge is 0.245 e. The van der Waals surface area contributed by atoms with Gasteiger partial charge >= 0.3 is 0 Å². The number of carbonyl (C=O) groups excluding carboxylic acids is 1. The third-order valence-electron chi connectivity index (χ3n) is 3.25. The van der Waals surface area contributed by atoms with Gasteiger partial charge in [-0.05, 0) is 49.4 Å². The molecule has 2 aromatic carbocycles. The summed E-state index contributed by atoms with van der Waals surface area (Å²) in [6.07, 6.45) is 0. The number of methoxy groups -OCH3 is 1. The SMILES string of the molecule is COc1ccc(F)cc1S(=O)(=O)NC(C)C(=O)Nc1ccc(F)cc1. The Hall–Kier alpha value is -2.52. The van der Waals surface area contributed by atoms with E-state index in [4.69, 9.17) is 4.74 Å². The summed E-state index contributed by atoms with van der Waals surface area (Å²) in [5, 5.41) is 2.45. The van der Waals surface area contributed by atoms with Gasteiger partial charge in [0.2, 0.25) is 15.9 Å². The number of anilines is 1. The van der Waals surface area contributed by atoms with Crippen LogP contribution in [0.25, 0.3) is 0 Å². The van der Waals surface area contributed by atoms with E-state index in [9.17, 15) is 22.0 Å². The number of hydrogen-bond donors (Lipinski definition) is 2. The molecule has 0 aliphatic rings. The molecule has 9 heteroatoms. The molecule has 25 heavy (non-hydrogen) atoms. The number of benzene rings is 2. The van der Waals surface area contributed by atoms with Crippen LogP contribution in [0.15, 0.2) is 47.4 Å². The topological polar surface area (TPSA) is 84.5 Å². The first kappa shape index (κ1) is 18.8. The Balaban J connectivity index is 2.15. The fraction of sp³-hybridized carbons (Fsp3) is 0.188. The summed E-state index contributed by atoms with van der Waals surface area (Å²) in [6.45, 7) is 1.32. The highest BCUT2D eigenvalue weighted by Gasteiger charge is 2.25. The average Bonchev–Trinajstić information content (AvgIpc) is 2.56. The van der Waals surface area contributed by atoms with Crippen molar-refractivity contribution >= 4 is 21.6 Å². The molecule has 0 heterocycles. The maximum absolute atomic E-state index is 13.4. The Kier molecular flexibility index (Phi) is 5.70. The van der Waals surface area contributed by atoms with Gasteiger partial charge in [-0.1, -0.05) is 0 Å². The van der Waals surface area contributed by atoms with Crippen LogP contribution >= 0.6 is 0 Å². The zero-order chi connectivity index (χ0) is 18.6. The van der Waals surface area contributed by atoms with Crippen LogP contribution in [0.3, 0.4) is 0 Å². The molecule has 0 spiro atoms. The molecule has 0 saturated carbocycles. The van der Waals surface area contributed by atoms with Gasteiger partial charge < -0.3 is 10.1 Å². The molecule has 0 radical (unpaired) electrons. The van der Waals surface area contributed by atoms with Crippen LogP contribution in [0, 0.1) is 11.6 Å². The van der Waals surface area contributed by atoms with E-state index >= 15 is 0 Å². The van der Waals surface area contributed by atoms with Crippen molar-refractivity contribution in [2.24, 2.45) is 0 Å². The lowest BCUT2D eigenvalue weighted by Gasteiger charge is -2.16. The summed E-state index contributed by atoms with van der Waals surface area (Å²) in [5.74, 6) is -1.94. The summed E-state index contributed by atoms with van der Waals surface area (Å²) < 4.78 is 58.1. The largest absolute Gasteiger partial charge is 0.495 e. The van der Waals surface area contributed by atoms with E-state index in [2.05, 4.69) is 10.0 Å². The van der Waals surface area contributed by atoms with E-state index in [0.717, 1.165) is 24.3 Å². The lowest BCUT2D eigenvalue weighted by atomic mass is 10.3. The van der Waals surface area contributed by atoms with E-state index in [-0.39, 0.29) is 5.75 Å². The first-order valence-electron chi connectivity index (χ1n) is 7.15. The van der Waals surface area contributed by atoms with Crippen molar-refractivity contribution in [2.75, 3.05) is 12.4 Å². The maximum atomic E-state index is 13.4. The van der Waals surface area contributed by atoms with Gasteiger partial charge in [-0.15, -0.1) is 0 Å². The molecule has 2 rings (SSSR count). The summed E-state index contributed by atoms with van der Waals surface area (Å²) in [6, 6.07) is 6.85. The van der Waals surface area contributed by atoms with E-state index in [1.807, 2.05) is 0 Å². The van der Waals surface area contributed by atoms with Gasteiger partial charge in [0, 0.05) is 5.69 Å². The molecule has 0 fully saturated rings. The normalized spacial score (nSPS) is 12.5. The lowest BCUT2D eigenvalue weighted by Crippen LogP contribution is -2.41. The molecule has 1 atom stereocenters. The number of rotatable bonds is 6. The van der Waals surface area contributed by atoms with Gasteiger partial charge in [0.1, 0.15) is 22.3 Å². The Labute approximate surface area is 143 Å². The maximum Gasteiger partial charge on any atom is 0.245 e. The molecule has 0 aliphatic carbocycles. The van der Waals surface area contributed by atoms with Gasteiger partial charge in [-0.3, -0.25) is 4.79 Å². The Bertz CT molecular complexity index is 870. The molecular weight excluding hydrogens is 354 g/mol.